The normalized spacial score (nSPS) is 36.2. The molecule has 0 aliphatic carbocycles. The molecule has 2 nitrogen and oxygen atoms in total. The van der Waals surface area contributed by atoms with Gasteiger partial charge in [0.05, 0.1) is 15.6 Å². The minimum atomic E-state index is -0.745. The van der Waals surface area contributed by atoms with E-state index >= 15 is 0 Å². The van der Waals surface area contributed by atoms with E-state index in [1.165, 1.54) is 0 Å². The van der Waals surface area contributed by atoms with Gasteiger partial charge < -0.3 is 10.4 Å². The molecule has 1 unspecified atom stereocenters. The molecule has 0 amide bonds. The van der Waals surface area contributed by atoms with Gasteiger partial charge in [-0.05, 0) is 43.4 Å². The first-order valence-corrected chi connectivity index (χ1v) is 6.76. The third kappa shape index (κ3) is 2.08. The van der Waals surface area contributed by atoms with Crippen LogP contribution in [0.2, 0.25) is 10.0 Å². The molecule has 2 heterocycles. The van der Waals surface area contributed by atoms with Gasteiger partial charge in [0.2, 0.25) is 0 Å². The highest BCUT2D eigenvalue weighted by molar-refractivity contribution is 6.42. The summed E-state index contributed by atoms with van der Waals surface area (Å²) in [5.41, 5.74) is 0.149. The molecule has 0 aromatic heterocycles. The van der Waals surface area contributed by atoms with E-state index in [2.05, 4.69) is 5.32 Å². The Balaban J connectivity index is 1.94. The zero-order valence-corrected chi connectivity index (χ0v) is 10.9. The van der Waals surface area contributed by atoms with Crippen LogP contribution in [-0.2, 0) is 5.60 Å². The molecule has 2 N–H and O–H groups in total. The third-order valence-corrected chi connectivity index (χ3v) is 4.70. The molecule has 3 atom stereocenters. The van der Waals surface area contributed by atoms with Crippen LogP contribution in [0, 0.1) is 0 Å². The van der Waals surface area contributed by atoms with Crippen molar-refractivity contribution in [3.8, 4) is 0 Å². The second kappa shape index (κ2) is 4.13. The number of hydrogen-bond acceptors (Lipinski definition) is 2. The molecule has 2 fully saturated rings. The molecule has 1 aromatic rings. The molecule has 0 radical (unpaired) electrons. The summed E-state index contributed by atoms with van der Waals surface area (Å²) in [6.07, 6.45) is 3.85. The second-order valence-electron chi connectivity index (χ2n) is 5.21. The molecule has 0 saturated carbocycles. The maximum atomic E-state index is 10.8. The Morgan fingerprint density at radius 1 is 1.12 bits per heavy atom. The summed E-state index contributed by atoms with van der Waals surface area (Å²) >= 11 is 11.9. The summed E-state index contributed by atoms with van der Waals surface area (Å²) < 4.78 is 0. The lowest BCUT2D eigenvalue weighted by Crippen LogP contribution is -2.46. The van der Waals surface area contributed by atoms with Crippen LogP contribution in [0.15, 0.2) is 18.2 Å². The van der Waals surface area contributed by atoms with Crippen molar-refractivity contribution in [3.05, 3.63) is 33.8 Å². The van der Waals surface area contributed by atoms with E-state index < -0.39 is 5.60 Å². The van der Waals surface area contributed by atoms with Crippen molar-refractivity contribution < 1.29 is 5.11 Å². The molecule has 3 rings (SSSR count). The summed E-state index contributed by atoms with van der Waals surface area (Å²) in [6.45, 7) is 0. The zero-order chi connectivity index (χ0) is 12.0. The van der Waals surface area contributed by atoms with Gasteiger partial charge in [-0.25, -0.2) is 0 Å². The summed E-state index contributed by atoms with van der Waals surface area (Å²) in [4.78, 5) is 0. The number of hydrogen-bond donors (Lipinski definition) is 2. The summed E-state index contributed by atoms with van der Waals surface area (Å²) in [5.74, 6) is 0. The average molecular weight is 272 g/mol. The number of fused-ring (bicyclic) bond motifs is 2. The van der Waals surface area contributed by atoms with Gasteiger partial charge in [-0.3, -0.25) is 0 Å². The van der Waals surface area contributed by atoms with Crippen molar-refractivity contribution in [2.45, 2.75) is 43.4 Å². The fourth-order valence-corrected chi connectivity index (χ4v) is 3.44. The molecule has 4 heteroatoms. The topological polar surface area (TPSA) is 32.3 Å². The fourth-order valence-electron chi connectivity index (χ4n) is 3.14. The Hall–Kier alpha value is -0.280. The molecular formula is C13H15Cl2NO. The largest absolute Gasteiger partial charge is 0.385 e. The minimum absolute atomic E-state index is 0.438. The van der Waals surface area contributed by atoms with Crippen LogP contribution >= 0.6 is 23.2 Å². The van der Waals surface area contributed by atoms with E-state index in [-0.39, 0.29) is 0 Å². The Bertz CT molecular complexity index is 437. The molecule has 2 saturated heterocycles. The smallest absolute Gasteiger partial charge is 0.0926 e. The molecule has 2 aliphatic heterocycles. The van der Waals surface area contributed by atoms with Crippen molar-refractivity contribution in [1.82, 2.24) is 5.32 Å². The lowest BCUT2D eigenvalue weighted by atomic mass is 9.81. The number of nitrogens with one attached hydrogen (secondary N) is 1. The van der Waals surface area contributed by atoms with Crippen molar-refractivity contribution in [2.24, 2.45) is 0 Å². The van der Waals surface area contributed by atoms with Crippen LogP contribution in [0.3, 0.4) is 0 Å². The van der Waals surface area contributed by atoms with E-state index in [1.54, 1.807) is 12.1 Å². The Morgan fingerprint density at radius 2 is 1.76 bits per heavy atom. The Morgan fingerprint density at radius 3 is 2.35 bits per heavy atom. The van der Waals surface area contributed by atoms with Gasteiger partial charge in [0.15, 0.2) is 0 Å². The second-order valence-corrected chi connectivity index (χ2v) is 6.02. The Kier molecular flexibility index (Phi) is 2.86. The highest BCUT2D eigenvalue weighted by Gasteiger charge is 2.43. The van der Waals surface area contributed by atoms with Gasteiger partial charge in [0, 0.05) is 12.1 Å². The van der Waals surface area contributed by atoms with E-state index in [4.69, 9.17) is 23.2 Å². The third-order valence-electron chi connectivity index (χ3n) is 3.96. The van der Waals surface area contributed by atoms with Gasteiger partial charge in [-0.1, -0.05) is 29.3 Å². The molecule has 2 bridgehead atoms. The van der Waals surface area contributed by atoms with Crippen LogP contribution in [0.25, 0.3) is 0 Å². The number of halogens is 2. The molecule has 1 aromatic carbocycles. The summed E-state index contributed by atoms with van der Waals surface area (Å²) in [5, 5.41) is 15.4. The lowest BCUT2D eigenvalue weighted by molar-refractivity contribution is -0.0114. The van der Waals surface area contributed by atoms with Crippen molar-refractivity contribution in [2.75, 3.05) is 0 Å². The van der Waals surface area contributed by atoms with Crippen LogP contribution in [0.5, 0.6) is 0 Å². The standard InChI is InChI=1S/C13H15Cl2NO/c14-11-4-1-8(5-12(11)15)13(17)6-9-2-3-10(7-13)16-9/h1,4-5,9-10,16-17H,2-3,6-7H2/t9-,10+,13?. The summed E-state index contributed by atoms with van der Waals surface area (Å²) in [7, 11) is 0. The van der Waals surface area contributed by atoms with Crippen molar-refractivity contribution in [1.29, 1.82) is 0 Å². The van der Waals surface area contributed by atoms with Crippen LogP contribution < -0.4 is 5.32 Å². The van der Waals surface area contributed by atoms with Crippen LogP contribution in [0.4, 0.5) is 0 Å². The number of aliphatic hydroxyl groups is 1. The number of piperidine rings is 1. The van der Waals surface area contributed by atoms with Gasteiger partial charge in [-0.2, -0.15) is 0 Å². The average Bonchev–Trinajstić information content (AvgIpc) is 2.62. The maximum absolute atomic E-state index is 10.8. The molecular weight excluding hydrogens is 257 g/mol. The lowest BCUT2D eigenvalue weighted by Gasteiger charge is -2.37. The maximum Gasteiger partial charge on any atom is 0.0926 e. The van der Waals surface area contributed by atoms with E-state index in [0.29, 0.717) is 22.1 Å². The highest BCUT2D eigenvalue weighted by Crippen LogP contribution is 2.41. The number of benzene rings is 1. The minimum Gasteiger partial charge on any atom is -0.385 e. The fraction of sp³-hybridized carbons (Fsp3) is 0.538. The van der Waals surface area contributed by atoms with Gasteiger partial charge in [0.25, 0.3) is 0 Å². The first-order valence-electron chi connectivity index (χ1n) is 6.01. The molecule has 92 valence electrons. The summed E-state index contributed by atoms with van der Waals surface area (Å²) in [6, 6.07) is 6.33. The van der Waals surface area contributed by atoms with Crippen molar-refractivity contribution >= 4 is 23.2 Å². The van der Waals surface area contributed by atoms with Gasteiger partial charge >= 0.3 is 0 Å². The first kappa shape index (κ1) is 11.8. The highest BCUT2D eigenvalue weighted by atomic mass is 35.5. The SMILES string of the molecule is OC1(c2ccc(Cl)c(Cl)c2)C[C@H]2CC[C@@H](C1)N2. The van der Waals surface area contributed by atoms with E-state index in [1.807, 2.05) is 6.07 Å². The molecule has 17 heavy (non-hydrogen) atoms. The van der Waals surface area contributed by atoms with Crippen LogP contribution in [-0.4, -0.2) is 17.2 Å². The van der Waals surface area contributed by atoms with E-state index in [0.717, 1.165) is 31.2 Å². The zero-order valence-electron chi connectivity index (χ0n) is 9.42. The quantitative estimate of drug-likeness (QED) is 0.823. The first-order chi connectivity index (χ1) is 8.07. The van der Waals surface area contributed by atoms with E-state index in [9.17, 15) is 5.11 Å². The molecule has 0 spiro atoms. The van der Waals surface area contributed by atoms with Crippen molar-refractivity contribution in [3.63, 3.8) is 0 Å². The molecule has 2 aliphatic rings. The number of rotatable bonds is 1. The van der Waals surface area contributed by atoms with Gasteiger partial charge in [0.1, 0.15) is 0 Å². The predicted molar refractivity (Wildman–Crippen MR) is 69.5 cm³/mol. The van der Waals surface area contributed by atoms with Crippen LogP contribution in [0.1, 0.15) is 31.2 Å². The predicted octanol–water partition coefficient (Wildman–Crippen LogP) is 3.10. The van der Waals surface area contributed by atoms with Gasteiger partial charge in [-0.15, -0.1) is 0 Å². The monoisotopic (exact) mass is 271 g/mol. The Labute approximate surface area is 111 Å².